The molecule has 0 saturated carbocycles. The first kappa shape index (κ1) is 18.8. The smallest absolute Gasteiger partial charge is 0.254 e. The van der Waals surface area contributed by atoms with Crippen LogP contribution in [0, 0.1) is 11.7 Å². The average Bonchev–Trinajstić information content (AvgIpc) is 2.98. The Morgan fingerprint density at radius 1 is 1.27 bits per heavy atom. The summed E-state index contributed by atoms with van der Waals surface area (Å²) in [5.74, 6) is 0.315. The lowest BCUT2D eigenvalue weighted by atomic mass is 10.1. The van der Waals surface area contributed by atoms with Gasteiger partial charge in [-0.2, -0.15) is 0 Å². The molecule has 0 bridgehead atoms. The van der Waals surface area contributed by atoms with Crippen LogP contribution in [0.5, 0.6) is 0 Å². The summed E-state index contributed by atoms with van der Waals surface area (Å²) in [4.78, 5) is 16.7. The molecule has 1 aromatic carbocycles. The van der Waals surface area contributed by atoms with Crippen LogP contribution in [0.15, 0.2) is 47.6 Å². The summed E-state index contributed by atoms with van der Waals surface area (Å²) in [6, 6.07) is 9.59. The summed E-state index contributed by atoms with van der Waals surface area (Å²) in [7, 11) is -2.95. The van der Waals surface area contributed by atoms with Gasteiger partial charge < -0.3 is 5.32 Å². The molecule has 1 fully saturated rings. The fraction of sp³-hybridized carbons (Fsp3) is 0.333. The highest BCUT2D eigenvalue weighted by molar-refractivity contribution is 7.98. The lowest BCUT2D eigenvalue weighted by Crippen LogP contribution is -2.30. The Morgan fingerprint density at radius 2 is 2.04 bits per heavy atom. The molecule has 1 N–H and O–H groups in total. The molecule has 8 heteroatoms. The van der Waals surface area contributed by atoms with Crippen LogP contribution in [0.25, 0.3) is 0 Å². The summed E-state index contributed by atoms with van der Waals surface area (Å²) in [5.41, 5.74) is 1.39. The zero-order chi connectivity index (χ0) is 18.6. The minimum atomic E-state index is -2.95. The number of sulfone groups is 1. The number of rotatable bonds is 6. The van der Waals surface area contributed by atoms with Gasteiger partial charge in [-0.1, -0.05) is 12.1 Å². The van der Waals surface area contributed by atoms with Crippen molar-refractivity contribution < 1.29 is 17.6 Å². The molecular formula is C18H19FN2O3S2. The van der Waals surface area contributed by atoms with E-state index in [0.717, 1.165) is 5.56 Å². The van der Waals surface area contributed by atoms with Crippen molar-refractivity contribution in [3.63, 3.8) is 0 Å². The molecule has 0 unspecified atom stereocenters. The third-order valence-corrected chi connectivity index (χ3v) is 7.10. The zero-order valence-electron chi connectivity index (χ0n) is 14.0. The van der Waals surface area contributed by atoms with Gasteiger partial charge in [-0.15, -0.1) is 11.8 Å². The molecule has 1 atom stereocenters. The number of nitrogens with zero attached hydrogens (tertiary/aromatic N) is 1. The Labute approximate surface area is 156 Å². The molecule has 26 heavy (non-hydrogen) atoms. The number of halogens is 1. The predicted molar refractivity (Wildman–Crippen MR) is 99.3 cm³/mol. The first-order valence-electron chi connectivity index (χ1n) is 8.24. The normalized spacial score (nSPS) is 18.6. The van der Waals surface area contributed by atoms with Crippen molar-refractivity contribution in [3.05, 3.63) is 59.5 Å². The highest BCUT2D eigenvalue weighted by Crippen LogP contribution is 2.24. The molecule has 0 spiro atoms. The number of pyridine rings is 1. The number of hydrogen-bond acceptors (Lipinski definition) is 5. The van der Waals surface area contributed by atoms with Gasteiger partial charge in [-0.3, -0.25) is 4.79 Å². The van der Waals surface area contributed by atoms with Crippen LogP contribution in [0.2, 0.25) is 0 Å². The number of thioether (sulfide) groups is 1. The van der Waals surface area contributed by atoms with E-state index in [9.17, 15) is 17.6 Å². The zero-order valence-corrected chi connectivity index (χ0v) is 15.7. The van der Waals surface area contributed by atoms with E-state index in [1.165, 1.54) is 23.9 Å². The fourth-order valence-electron chi connectivity index (χ4n) is 2.78. The number of benzene rings is 1. The second kappa shape index (κ2) is 8.18. The summed E-state index contributed by atoms with van der Waals surface area (Å²) in [6.45, 7) is 0.342. The van der Waals surface area contributed by atoms with Gasteiger partial charge >= 0.3 is 0 Å². The number of carbonyl (C=O) groups is 1. The van der Waals surface area contributed by atoms with Crippen LogP contribution in [0.3, 0.4) is 0 Å². The standard InChI is InChI=1S/C18H19FN2O3S2/c19-15-5-3-13(4-6-15)11-25-18-16(2-1-8-20-18)17(22)21-10-14-7-9-26(23,24)12-14/h1-6,8,14H,7,9-12H2,(H,21,22)/t14-/m1/s1. The van der Waals surface area contributed by atoms with Crippen LogP contribution in [-0.2, 0) is 15.6 Å². The SMILES string of the molecule is O=C(NC[C@H]1CCS(=O)(=O)C1)c1cccnc1SCc1ccc(F)cc1. The number of amides is 1. The topological polar surface area (TPSA) is 76.1 Å². The Hall–Kier alpha value is -1.93. The molecule has 0 aliphatic carbocycles. The third-order valence-electron chi connectivity index (χ3n) is 4.18. The van der Waals surface area contributed by atoms with E-state index >= 15 is 0 Å². The molecule has 1 aliphatic heterocycles. The maximum absolute atomic E-state index is 13.0. The minimum Gasteiger partial charge on any atom is -0.352 e. The average molecular weight is 394 g/mol. The summed E-state index contributed by atoms with van der Waals surface area (Å²) in [6.07, 6.45) is 2.20. The first-order chi connectivity index (χ1) is 12.4. The van der Waals surface area contributed by atoms with E-state index in [1.54, 1.807) is 30.5 Å². The Kier molecular flexibility index (Phi) is 5.93. The van der Waals surface area contributed by atoms with Crippen molar-refractivity contribution in [3.8, 4) is 0 Å². The van der Waals surface area contributed by atoms with Crippen molar-refractivity contribution in [2.75, 3.05) is 18.1 Å². The largest absolute Gasteiger partial charge is 0.352 e. The van der Waals surface area contributed by atoms with Gasteiger partial charge in [0.05, 0.1) is 17.1 Å². The van der Waals surface area contributed by atoms with Gasteiger partial charge in [0.25, 0.3) is 5.91 Å². The predicted octanol–water partition coefficient (Wildman–Crippen LogP) is 2.68. The van der Waals surface area contributed by atoms with Gasteiger partial charge in [0, 0.05) is 18.5 Å². The lowest BCUT2D eigenvalue weighted by molar-refractivity contribution is 0.0944. The van der Waals surface area contributed by atoms with E-state index in [2.05, 4.69) is 10.3 Å². The number of hydrogen-bond donors (Lipinski definition) is 1. The van der Waals surface area contributed by atoms with Crippen LogP contribution >= 0.6 is 11.8 Å². The quantitative estimate of drug-likeness (QED) is 0.763. The molecule has 2 heterocycles. The Balaban J connectivity index is 1.60. The molecular weight excluding hydrogens is 375 g/mol. The first-order valence-corrected chi connectivity index (χ1v) is 11.0. The molecule has 5 nitrogen and oxygen atoms in total. The summed E-state index contributed by atoms with van der Waals surface area (Å²) < 4.78 is 36.0. The third kappa shape index (κ3) is 5.04. The maximum Gasteiger partial charge on any atom is 0.254 e. The molecule has 138 valence electrons. The number of carbonyl (C=O) groups excluding carboxylic acids is 1. The molecule has 1 saturated heterocycles. The van der Waals surface area contributed by atoms with Crippen molar-refractivity contribution in [1.29, 1.82) is 0 Å². The molecule has 1 amide bonds. The van der Waals surface area contributed by atoms with Crippen molar-refractivity contribution in [1.82, 2.24) is 10.3 Å². The van der Waals surface area contributed by atoms with Crippen LogP contribution in [0.1, 0.15) is 22.3 Å². The van der Waals surface area contributed by atoms with Gasteiger partial charge in [0.1, 0.15) is 10.8 Å². The van der Waals surface area contributed by atoms with Gasteiger partial charge in [0.15, 0.2) is 9.84 Å². The van der Waals surface area contributed by atoms with Crippen molar-refractivity contribution in [2.24, 2.45) is 5.92 Å². The molecule has 1 aliphatic rings. The number of aromatic nitrogens is 1. The van der Waals surface area contributed by atoms with E-state index in [4.69, 9.17) is 0 Å². The van der Waals surface area contributed by atoms with Crippen molar-refractivity contribution in [2.45, 2.75) is 17.2 Å². The Morgan fingerprint density at radius 3 is 2.73 bits per heavy atom. The monoisotopic (exact) mass is 394 g/mol. The highest BCUT2D eigenvalue weighted by atomic mass is 32.2. The summed E-state index contributed by atoms with van der Waals surface area (Å²) >= 11 is 1.40. The molecule has 1 aromatic heterocycles. The van der Waals surface area contributed by atoms with Gasteiger partial charge in [0.2, 0.25) is 0 Å². The lowest BCUT2D eigenvalue weighted by Gasteiger charge is -2.12. The molecule has 0 radical (unpaired) electrons. The van der Waals surface area contributed by atoms with E-state index in [1.807, 2.05) is 0 Å². The Bertz CT molecular complexity index is 886. The second-order valence-electron chi connectivity index (χ2n) is 6.25. The van der Waals surface area contributed by atoms with Gasteiger partial charge in [-0.05, 0) is 42.2 Å². The second-order valence-corrected chi connectivity index (χ2v) is 9.44. The van der Waals surface area contributed by atoms with E-state index < -0.39 is 9.84 Å². The maximum atomic E-state index is 13.0. The number of nitrogens with one attached hydrogen (secondary N) is 1. The highest BCUT2D eigenvalue weighted by Gasteiger charge is 2.28. The molecule has 2 aromatic rings. The fourth-order valence-corrected chi connectivity index (χ4v) is 5.59. The summed E-state index contributed by atoms with van der Waals surface area (Å²) in [5, 5.41) is 3.41. The van der Waals surface area contributed by atoms with Crippen molar-refractivity contribution >= 4 is 27.5 Å². The molecule has 3 rings (SSSR count). The van der Waals surface area contributed by atoms with E-state index in [0.29, 0.717) is 29.3 Å². The van der Waals surface area contributed by atoms with Gasteiger partial charge in [-0.25, -0.2) is 17.8 Å². The van der Waals surface area contributed by atoms with Crippen LogP contribution in [0.4, 0.5) is 4.39 Å². The van der Waals surface area contributed by atoms with Crippen LogP contribution in [-0.4, -0.2) is 37.4 Å². The van der Waals surface area contributed by atoms with E-state index in [-0.39, 0.29) is 29.1 Å². The minimum absolute atomic E-state index is 0.0315. The van der Waals surface area contributed by atoms with Crippen LogP contribution < -0.4 is 5.32 Å².